The Morgan fingerprint density at radius 2 is 1.59 bits per heavy atom. The van der Waals surface area contributed by atoms with E-state index < -0.39 is 53.6 Å². The lowest BCUT2D eigenvalue weighted by Crippen LogP contribution is -2.59. The molecule has 0 aliphatic carbocycles. The molecule has 0 saturated heterocycles. The van der Waals surface area contributed by atoms with Crippen molar-refractivity contribution in [1.82, 2.24) is 16.0 Å². The van der Waals surface area contributed by atoms with Gasteiger partial charge in [0.1, 0.15) is 29.5 Å². The highest BCUT2D eigenvalue weighted by atomic mass is 32.1. The van der Waals surface area contributed by atoms with Crippen molar-refractivity contribution in [2.45, 2.75) is 70.4 Å². The zero-order valence-corrected chi connectivity index (χ0v) is 20.6. The molecule has 0 aromatic heterocycles. The largest absolute Gasteiger partial charge is 0.508 e. The molecule has 1 rings (SSSR count). The van der Waals surface area contributed by atoms with Crippen molar-refractivity contribution < 1.29 is 34.1 Å². The fraction of sp³-hybridized carbons (Fsp3) is 0.545. The summed E-state index contributed by atoms with van der Waals surface area (Å²) >= 11 is 4.11. The molecular weight excluding hydrogens is 464 g/mol. The number of benzene rings is 1. The highest BCUT2D eigenvalue weighted by Gasteiger charge is 2.32. The van der Waals surface area contributed by atoms with E-state index in [0.717, 1.165) is 0 Å². The Bertz CT molecular complexity index is 856. The number of hydrogen-bond donors (Lipinski definition) is 7. The van der Waals surface area contributed by atoms with E-state index in [-0.39, 0.29) is 24.3 Å². The van der Waals surface area contributed by atoms with E-state index in [1.807, 2.05) is 0 Å². The average molecular weight is 499 g/mol. The summed E-state index contributed by atoms with van der Waals surface area (Å²) in [7, 11) is 0. The average Bonchev–Trinajstić information content (AvgIpc) is 2.71. The quantitative estimate of drug-likeness (QED) is 0.209. The highest BCUT2D eigenvalue weighted by Crippen LogP contribution is 2.12. The van der Waals surface area contributed by atoms with E-state index in [2.05, 4.69) is 28.6 Å². The van der Waals surface area contributed by atoms with E-state index in [9.17, 15) is 29.4 Å². The summed E-state index contributed by atoms with van der Waals surface area (Å²) in [6.45, 7) is 6.23. The second kappa shape index (κ2) is 13.0. The van der Waals surface area contributed by atoms with E-state index >= 15 is 0 Å². The van der Waals surface area contributed by atoms with Gasteiger partial charge in [-0.05, 0) is 57.6 Å². The molecule has 0 unspecified atom stereocenters. The number of alkyl carbamates (subject to hydrolysis) is 1. The van der Waals surface area contributed by atoms with Gasteiger partial charge in [0.15, 0.2) is 0 Å². The number of nitrogens with one attached hydrogen (secondary N) is 3. The molecule has 7 N–H and O–H groups in total. The Kier molecular flexibility index (Phi) is 11.1. The summed E-state index contributed by atoms with van der Waals surface area (Å²) in [6, 6.07) is 2.45. The molecule has 12 heteroatoms. The zero-order chi connectivity index (χ0) is 26.1. The number of thiol groups is 1. The number of aliphatic hydroxyl groups is 1. The lowest BCUT2D eigenvalue weighted by Gasteiger charge is -2.27. The smallest absolute Gasteiger partial charge is 0.408 e. The summed E-state index contributed by atoms with van der Waals surface area (Å²) in [4.78, 5) is 49.6. The maximum Gasteiger partial charge on any atom is 0.408 e. The van der Waals surface area contributed by atoms with Crippen LogP contribution in [-0.2, 0) is 25.5 Å². The van der Waals surface area contributed by atoms with Gasteiger partial charge in [-0.2, -0.15) is 12.6 Å². The van der Waals surface area contributed by atoms with Crippen molar-refractivity contribution in [2.24, 2.45) is 5.73 Å². The lowest BCUT2D eigenvalue weighted by atomic mass is 10.0. The molecule has 0 fully saturated rings. The molecule has 4 amide bonds. The molecule has 0 aliphatic heterocycles. The number of ether oxygens (including phenoxy) is 1. The number of phenols is 1. The molecule has 4 atom stereocenters. The number of amides is 4. The fourth-order valence-electron chi connectivity index (χ4n) is 2.86. The van der Waals surface area contributed by atoms with Gasteiger partial charge in [-0.3, -0.25) is 14.4 Å². The molecule has 1 aromatic carbocycles. The summed E-state index contributed by atoms with van der Waals surface area (Å²) in [5, 5.41) is 26.6. The minimum Gasteiger partial charge on any atom is -0.508 e. The Hall–Kier alpha value is -2.99. The predicted octanol–water partition coefficient (Wildman–Crippen LogP) is -0.0164. The van der Waals surface area contributed by atoms with Crippen LogP contribution in [-0.4, -0.2) is 69.6 Å². The standard InChI is InChI=1S/C22H34N4O7S/c1-12(27)17(26-21(32)33-22(2,3)4)20(31)24-15(9-10-34)19(30)25-16(18(23)29)11-13-5-7-14(28)8-6-13/h5-8,12,15-17,27-28,34H,9-11H2,1-4H3,(H2,23,29)(H,24,31)(H,25,30)(H,26,32)/t12-,15+,16+,17+/m1/s1. The van der Waals surface area contributed by atoms with Gasteiger partial charge in [-0.15, -0.1) is 0 Å². The molecule has 0 heterocycles. The minimum atomic E-state index is -1.39. The second-order valence-electron chi connectivity index (χ2n) is 8.77. The molecule has 0 saturated carbocycles. The number of phenolic OH excluding ortho intramolecular Hbond substituents is 1. The first-order valence-electron chi connectivity index (χ1n) is 10.7. The first-order valence-corrected chi connectivity index (χ1v) is 11.3. The maximum atomic E-state index is 12.8. The summed E-state index contributed by atoms with van der Waals surface area (Å²) in [5.41, 5.74) is 5.26. The number of carbonyl (C=O) groups is 4. The van der Waals surface area contributed by atoms with E-state index in [1.165, 1.54) is 19.1 Å². The van der Waals surface area contributed by atoms with Crippen molar-refractivity contribution in [1.29, 1.82) is 0 Å². The Labute approximate surface area is 204 Å². The van der Waals surface area contributed by atoms with Gasteiger partial charge >= 0.3 is 6.09 Å². The molecule has 190 valence electrons. The number of rotatable bonds is 11. The van der Waals surface area contributed by atoms with Crippen LogP contribution in [0.3, 0.4) is 0 Å². The molecule has 11 nitrogen and oxygen atoms in total. The van der Waals surface area contributed by atoms with Crippen molar-refractivity contribution in [3.63, 3.8) is 0 Å². The number of aliphatic hydroxyl groups excluding tert-OH is 1. The molecule has 0 aliphatic rings. The van der Waals surface area contributed by atoms with Crippen LogP contribution in [0.2, 0.25) is 0 Å². The van der Waals surface area contributed by atoms with Crippen LogP contribution in [0.4, 0.5) is 4.79 Å². The number of nitrogens with two attached hydrogens (primary N) is 1. The second-order valence-corrected chi connectivity index (χ2v) is 9.22. The van der Waals surface area contributed by atoms with Crippen LogP contribution in [0, 0.1) is 0 Å². The molecule has 1 aromatic rings. The third-order valence-corrected chi connectivity index (χ3v) is 4.78. The van der Waals surface area contributed by atoms with Crippen LogP contribution in [0.1, 0.15) is 39.7 Å². The van der Waals surface area contributed by atoms with Gasteiger partial charge < -0.3 is 36.6 Å². The third-order valence-electron chi connectivity index (χ3n) is 4.52. The first-order chi connectivity index (χ1) is 15.7. The molecule has 0 radical (unpaired) electrons. The topological polar surface area (TPSA) is 180 Å². The lowest BCUT2D eigenvalue weighted by molar-refractivity contribution is -0.133. The Morgan fingerprint density at radius 1 is 1.03 bits per heavy atom. The molecule has 34 heavy (non-hydrogen) atoms. The third kappa shape index (κ3) is 10.3. The van der Waals surface area contributed by atoms with Crippen LogP contribution < -0.4 is 21.7 Å². The summed E-state index contributed by atoms with van der Waals surface area (Å²) < 4.78 is 5.11. The predicted molar refractivity (Wildman–Crippen MR) is 128 cm³/mol. The van der Waals surface area contributed by atoms with Gasteiger partial charge in [0.25, 0.3) is 0 Å². The van der Waals surface area contributed by atoms with E-state index in [0.29, 0.717) is 5.56 Å². The monoisotopic (exact) mass is 498 g/mol. The Balaban J connectivity index is 2.91. The van der Waals surface area contributed by atoms with Crippen molar-refractivity contribution in [3.8, 4) is 5.75 Å². The Morgan fingerprint density at radius 3 is 2.06 bits per heavy atom. The SMILES string of the molecule is C[C@@H](O)[C@H](NC(=O)OC(C)(C)C)C(=O)N[C@@H](CCS)C(=O)N[C@@H](Cc1ccc(O)cc1)C(N)=O. The van der Waals surface area contributed by atoms with Gasteiger partial charge in [0.2, 0.25) is 17.7 Å². The van der Waals surface area contributed by atoms with Crippen molar-refractivity contribution in [2.75, 3.05) is 5.75 Å². The van der Waals surface area contributed by atoms with Crippen LogP contribution in [0.15, 0.2) is 24.3 Å². The number of primary amides is 1. The maximum absolute atomic E-state index is 12.8. The van der Waals surface area contributed by atoms with E-state index in [1.54, 1.807) is 32.9 Å². The van der Waals surface area contributed by atoms with Crippen LogP contribution in [0.5, 0.6) is 5.75 Å². The van der Waals surface area contributed by atoms with Gasteiger partial charge in [0.05, 0.1) is 6.10 Å². The summed E-state index contributed by atoms with van der Waals surface area (Å²) in [6.07, 6.45) is -2.03. The number of carbonyl (C=O) groups excluding carboxylic acids is 4. The highest BCUT2D eigenvalue weighted by molar-refractivity contribution is 7.80. The van der Waals surface area contributed by atoms with Gasteiger partial charge in [-0.1, -0.05) is 12.1 Å². The minimum absolute atomic E-state index is 0.0487. The number of aromatic hydroxyl groups is 1. The molecule has 0 bridgehead atoms. The fourth-order valence-corrected chi connectivity index (χ4v) is 3.12. The normalized spacial score (nSPS) is 14.8. The zero-order valence-electron chi connectivity index (χ0n) is 19.7. The molecular formula is C22H34N4O7S. The van der Waals surface area contributed by atoms with Gasteiger partial charge in [0, 0.05) is 6.42 Å². The van der Waals surface area contributed by atoms with Crippen molar-refractivity contribution in [3.05, 3.63) is 29.8 Å². The molecule has 0 spiro atoms. The number of hydrogen-bond acceptors (Lipinski definition) is 8. The first kappa shape index (κ1) is 29.0. The van der Waals surface area contributed by atoms with Crippen LogP contribution >= 0.6 is 12.6 Å². The van der Waals surface area contributed by atoms with Gasteiger partial charge in [-0.25, -0.2) is 4.79 Å². The summed E-state index contributed by atoms with van der Waals surface area (Å²) in [5.74, 6) is -2.03. The van der Waals surface area contributed by atoms with E-state index in [4.69, 9.17) is 10.5 Å². The van der Waals surface area contributed by atoms with Crippen LogP contribution in [0.25, 0.3) is 0 Å². The van der Waals surface area contributed by atoms with Crippen molar-refractivity contribution >= 4 is 36.4 Å².